The number of para-hydroxylation sites is 1. The molecule has 0 saturated heterocycles. The fraction of sp³-hybridized carbons (Fsp3) is 0.211. The first-order valence-electron chi connectivity index (χ1n) is 8.24. The zero-order valence-electron chi connectivity index (χ0n) is 14.7. The van der Waals surface area contributed by atoms with E-state index >= 15 is 0 Å². The molecule has 0 unspecified atom stereocenters. The highest BCUT2D eigenvalue weighted by Gasteiger charge is 2.16. The van der Waals surface area contributed by atoms with Crippen LogP contribution in [0.15, 0.2) is 47.0 Å². The van der Waals surface area contributed by atoms with E-state index in [4.69, 9.17) is 32.5 Å². The number of aromatic nitrogens is 2. The lowest BCUT2D eigenvalue weighted by atomic mass is 10.1. The quantitative estimate of drug-likeness (QED) is 0.610. The molecular formula is C19H17Cl2N3O3. The van der Waals surface area contributed by atoms with Crippen LogP contribution in [0.5, 0.6) is 5.75 Å². The summed E-state index contributed by atoms with van der Waals surface area (Å²) in [6.07, 6.45) is 0. The monoisotopic (exact) mass is 405 g/mol. The van der Waals surface area contributed by atoms with Crippen molar-refractivity contribution < 1.29 is 14.1 Å². The number of nitrogens with one attached hydrogen (secondary N) is 1. The summed E-state index contributed by atoms with van der Waals surface area (Å²) in [5.41, 5.74) is 1.18. The van der Waals surface area contributed by atoms with Gasteiger partial charge in [0.2, 0.25) is 0 Å². The van der Waals surface area contributed by atoms with Crippen LogP contribution in [0.25, 0.3) is 11.5 Å². The molecule has 0 atom stereocenters. The highest BCUT2D eigenvalue weighted by molar-refractivity contribution is 6.35. The first-order valence-corrected chi connectivity index (χ1v) is 9.00. The third-order valence-electron chi connectivity index (χ3n) is 3.64. The lowest BCUT2D eigenvalue weighted by Crippen LogP contribution is -2.20. The number of anilines is 1. The maximum atomic E-state index is 12.3. The molecule has 0 aliphatic carbocycles. The number of nitrogens with zero attached hydrogens (tertiary/aromatic N) is 2. The molecule has 3 aromatic rings. The fourth-order valence-corrected chi connectivity index (χ4v) is 2.74. The molecule has 1 heterocycles. The van der Waals surface area contributed by atoms with Crippen molar-refractivity contribution >= 4 is 34.8 Å². The Hall–Kier alpha value is -2.57. The number of amides is 1. The molecule has 3 rings (SSSR count). The molecule has 0 saturated carbocycles. The summed E-state index contributed by atoms with van der Waals surface area (Å²) in [7, 11) is 0. The van der Waals surface area contributed by atoms with E-state index in [9.17, 15) is 4.79 Å². The average molecular weight is 406 g/mol. The molecule has 1 N–H and O–H groups in total. The van der Waals surface area contributed by atoms with E-state index in [1.165, 1.54) is 0 Å². The van der Waals surface area contributed by atoms with Gasteiger partial charge in [0.15, 0.2) is 12.4 Å². The maximum absolute atomic E-state index is 12.3. The third-order valence-corrected chi connectivity index (χ3v) is 4.17. The minimum Gasteiger partial charge on any atom is -0.482 e. The van der Waals surface area contributed by atoms with Crippen LogP contribution in [0, 0.1) is 0 Å². The Morgan fingerprint density at radius 1 is 1.22 bits per heavy atom. The van der Waals surface area contributed by atoms with E-state index < -0.39 is 0 Å². The van der Waals surface area contributed by atoms with Gasteiger partial charge in [0.1, 0.15) is 5.75 Å². The van der Waals surface area contributed by atoms with Crippen LogP contribution in [0.3, 0.4) is 0 Å². The van der Waals surface area contributed by atoms with Crippen LogP contribution in [0.2, 0.25) is 10.0 Å². The fourth-order valence-electron chi connectivity index (χ4n) is 2.28. The lowest BCUT2D eigenvalue weighted by Gasteiger charge is -2.10. The molecule has 0 aliphatic rings. The molecule has 6 nitrogen and oxygen atoms in total. The highest BCUT2D eigenvalue weighted by Crippen LogP contribution is 2.29. The zero-order chi connectivity index (χ0) is 19.4. The van der Waals surface area contributed by atoms with Crippen molar-refractivity contribution in [3.05, 3.63) is 58.3 Å². The minimum atomic E-state index is -0.350. The van der Waals surface area contributed by atoms with Gasteiger partial charge < -0.3 is 14.6 Å². The molecule has 8 heteroatoms. The molecular weight excluding hydrogens is 389 g/mol. The van der Waals surface area contributed by atoms with Crippen LogP contribution in [0.1, 0.15) is 25.6 Å². The molecule has 27 heavy (non-hydrogen) atoms. The number of carbonyl (C=O) groups is 1. The average Bonchev–Trinajstić information content (AvgIpc) is 3.12. The van der Waals surface area contributed by atoms with Crippen LogP contribution in [-0.2, 0) is 4.79 Å². The van der Waals surface area contributed by atoms with Crippen LogP contribution >= 0.6 is 23.2 Å². The summed E-state index contributed by atoms with van der Waals surface area (Å²) >= 11 is 11.9. The summed E-state index contributed by atoms with van der Waals surface area (Å²) in [4.78, 5) is 16.7. The van der Waals surface area contributed by atoms with E-state index in [2.05, 4.69) is 15.5 Å². The van der Waals surface area contributed by atoms with E-state index in [0.717, 1.165) is 0 Å². The Labute approximate surface area is 166 Å². The van der Waals surface area contributed by atoms with E-state index in [1.807, 2.05) is 19.9 Å². The van der Waals surface area contributed by atoms with E-state index in [0.29, 0.717) is 38.8 Å². The van der Waals surface area contributed by atoms with Gasteiger partial charge in [0.25, 0.3) is 11.8 Å². The molecule has 0 fully saturated rings. The smallest absolute Gasteiger partial charge is 0.262 e. The summed E-state index contributed by atoms with van der Waals surface area (Å²) in [6.45, 7) is 3.74. The second-order valence-corrected chi connectivity index (χ2v) is 6.91. The second kappa shape index (κ2) is 8.41. The van der Waals surface area contributed by atoms with Gasteiger partial charge in [0, 0.05) is 10.9 Å². The molecule has 0 bridgehead atoms. The van der Waals surface area contributed by atoms with Gasteiger partial charge in [-0.05, 0) is 30.3 Å². The largest absolute Gasteiger partial charge is 0.482 e. The predicted molar refractivity (Wildman–Crippen MR) is 104 cm³/mol. The van der Waals surface area contributed by atoms with Gasteiger partial charge in [-0.2, -0.15) is 4.98 Å². The summed E-state index contributed by atoms with van der Waals surface area (Å²) in [6, 6.07) is 12.0. The number of rotatable bonds is 6. The van der Waals surface area contributed by atoms with Crippen LogP contribution in [0.4, 0.5) is 5.69 Å². The molecule has 0 spiro atoms. The van der Waals surface area contributed by atoms with Gasteiger partial charge in [-0.1, -0.05) is 54.3 Å². The summed E-state index contributed by atoms with van der Waals surface area (Å²) in [5.74, 6) is 1.12. The van der Waals surface area contributed by atoms with Crippen molar-refractivity contribution in [2.75, 3.05) is 11.9 Å². The third kappa shape index (κ3) is 4.78. The van der Waals surface area contributed by atoms with E-state index in [1.54, 1.807) is 36.4 Å². The number of hydrogen-bond donors (Lipinski definition) is 1. The van der Waals surface area contributed by atoms with Crippen molar-refractivity contribution in [3.8, 4) is 17.2 Å². The second-order valence-electron chi connectivity index (χ2n) is 6.07. The summed E-state index contributed by atoms with van der Waals surface area (Å²) in [5, 5.41) is 7.57. The molecule has 2 aromatic carbocycles. The van der Waals surface area contributed by atoms with E-state index in [-0.39, 0.29) is 18.4 Å². The number of carbonyl (C=O) groups excluding carboxylic acids is 1. The number of ether oxygens (including phenoxy) is 1. The predicted octanol–water partition coefficient (Wildman–Crippen LogP) is 5.18. The molecule has 0 radical (unpaired) electrons. The number of benzene rings is 2. The maximum Gasteiger partial charge on any atom is 0.262 e. The van der Waals surface area contributed by atoms with Crippen molar-refractivity contribution in [1.29, 1.82) is 0 Å². The van der Waals surface area contributed by atoms with Gasteiger partial charge in [-0.3, -0.25) is 4.79 Å². The van der Waals surface area contributed by atoms with Gasteiger partial charge in [-0.25, -0.2) is 0 Å². The van der Waals surface area contributed by atoms with Gasteiger partial charge >= 0.3 is 0 Å². The lowest BCUT2D eigenvalue weighted by molar-refractivity contribution is -0.118. The molecule has 1 aromatic heterocycles. The first-order chi connectivity index (χ1) is 12.9. The van der Waals surface area contributed by atoms with Gasteiger partial charge in [-0.15, -0.1) is 0 Å². The topological polar surface area (TPSA) is 77.2 Å². The van der Waals surface area contributed by atoms with Gasteiger partial charge in [0.05, 0.1) is 16.3 Å². The number of hydrogen-bond acceptors (Lipinski definition) is 5. The van der Waals surface area contributed by atoms with Crippen LogP contribution in [-0.4, -0.2) is 22.7 Å². The highest BCUT2D eigenvalue weighted by atomic mass is 35.5. The Morgan fingerprint density at radius 2 is 2.00 bits per heavy atom. The van der Waals surface area contributed by atoms with Crippen molar-refractivity contribution in [2.45, 2.75) is 19.8 Å². The zero-order valence-corrected chi connectivity index (χ0v) is 16.2. The molecule has 0 aliphatic heterocycles. The standard InChI is InChI=1S/C19H17Cl2N3O3/c1-11(2)18-23-19(27-24-18)13-5-3-4-6-15(13)22-17(25)10-26-16-8-7-12(20)9-14(16)21/h3-9,11H,10H2,1-2H3,(H,22,25). The molecule has 1 amide bonds. The Balaban J connectivity index is 1.70. The SMILES string of the molecule is CC(C)c1noc(-c2ccccc2NC(=O)COc2ccc(Cl)cc2Cl)n1. The van der Waals surface area contributed by atoms with Crippen molar-refractivity contribution in [1.82, 2.24) is 10.1 Å². The Morgan fingerprint density at radius 3 is 2.70 bits per heavy atom. The molecule has 140 valence electrons. The normalized spacial score (nSPS) is 10.9. The summed E-state index contributed by atoms with van der Waals surface area (Å²) < 4.78 is 10.8. The Kier molecular flexibility index (Phi) is 5.98. The van der Waals surface area contributed by atoms with Crippen molar-refractivity contribution in [2.24, 2.45) is 0 Å². The first kappa shape index (κ1) is 19.2. The van der Waals surface area contributed by atoms with Crippen molar-refractivity contribution in [3.63, 3.8) is 0 Å². The Bertz CT molecular complexity index is 957. The van der Waals surface area contributed by atoms with Crippen LogP contribution < -0.4 is 10.1 Å². The number of halogens is 2. The minimum absolute atomic E-state index is 0.141.